The van der Waals surface area contributed by atoms with Gasteiger partial charge in [0.2, 0.25) is 0 Å². The molecule has 0 fully saturated rings. The van der Waals surface area contributed by atoms with Gasteiger partial charge in [0, 0.05) is 0 Å². The molecule has 0 nitrogen and oxygen atoms in total. The summed E-state index contributed by atoms with van der Waals surface area (Å²) in [5.41, 5.74) is 0. The summed E-state index contributed by atoms with van der Waals surface area (Å²) in [7, 11) is 0. The Balaban J connectivity index is -0.000000000167. The van der Waals surface area contributed by atoms with Crippen molar-refractivity contribution >= 4 is 0 Å². The summed E-state index contributed by atoms with van der Waals surface area (Å²) >= 11 is 0. The van der Waals surface area contributed by atoms with Gasteiger partial charge in [0.15, 0.2) is 0 Å². The first-order valence-corrected chi connectivity index (χ1v) is 0.289. The molecule has 0 heteroatoms. The van der Waals surface area contributed by atoms with Crippen LogP contribution in [-0.2, 0) is 0 Å². The smallest absolute Gasteiger partial charge is 0.124 e. The van der Waals surface area contributed by atoms with Crippen LogP contribution in [-0.4, -0.2) is 0 Å². The quantitative estimate of drug-likeness (QED) is 0.388. The zero-order valence-corrected chi connectivity index (χ0v) is 1.08. The van der Waals surface area contributed by atoms with Crippen LogP contribution in [0, 0.1) is 12.8 Å². The summed E-state index contributed by atoms with van der Waals surface area (Å²) < 4.78 is 5.74. The van der Waals surface area contributed by atoms with E-state index in [1.165, 1.54) is 6.40 Å². The highest BCUT2D eigenvalue weighted by Gasteiger charge is 0.454. The molecule has 0 heterocycles. The van der Waals surface area contributed by atoms with E-state index >= 15 is 0 Å². The average Bonchev–Trinajstić information content (AvgIpc) is 0.918. The third kappa shape index (κ3) is 17000. The predicted octanol–water partition coefficient (Wildman–Crippen LogP) is 10.4. The van der Waals surface area contributed by atoms with Gasteiger partial charge < -0.3 is 0 Å². The molecule has 0 aromatic carbocycles. The monoisotopic (exact) mass is 285 g/mol. The summed E-state index contributed by atoms with van der Waals surface area (Å²) in [5.74, 6) is 0. The van der Waals surface area contributed by atoms with Crippen LogP contribution in [0.2, 0.25) is 0 Å². The van der Waals surface area contributed by atoms with Crippen molar-refractivity contribution in [2.24, 2.45) is 0 Å². The van der Waals surface area contributed by atoms with Crippen LogP contribution in [0.3, 0.4) is 0 Å². The van der Waals surface area contributed by atoms with E-state index in [0.717, 1.165) is 0 Å². The molecule has 0 aliphatic carbocycles. The van der Waals surface area contributed by atoms with E-state index in [9.17, 15) is 0 Å². The summed E-state index contributed by atoms with van der Waals surface area (Å²) in [6, 6.07) is 0. The van der Waals surface area contributed by atoms with E-state index in [2.05, 4.69) is 6.42 Å². The number of hydrogen-bond donors (Lipinski definition) is 0. The van der Waals surface area contributed by atoms with Gasteiger partial charge in [-0.1, -0.05) is 119 Å². The minimum absolute atomic E-state index is 0. The lowest BCUT2D eigenvalue weighted by atomic mass is 11.4. The number of terminal acetylenes is 1. The van der Waals surface area contributed by atoms with Crippen LogP contribution < -0.4 is 0 Å². The van der Waals surface area contributed by atoms with Gasteiger partial charge in [-0.25, -0.2) is 0 Å². The highest BCUT2D eigenvalue weighted by molar-refractivity contribution is 4.47. The zero-order valence-electron chi connectivity index (χ0n) is 2.08. The van der Waals surface area contributed by atoms with Crippen molar-refractivity contribution in [1.82, 2.24) is 0 Å². The Morgan fingerprint density at radius 3 is 0.333 bits per heavy atom. The zero-order chi connectivity index (χ0) is 2.71. The molecule has 0 spiro atoms. The van der Waals surface area contributed by atoms with E-state index in [4.69, 9.17) is 1.37 Å². The molecule has 0 atom stereocenters. The number of hydrogen-bond acceptors (Lipinski definition) is 0. The third-order valence-electron chi connectivity index (χ3n) is 0. The van der Waals surface area contributed by atoms with Gasteiger partial charge in [-0.2, -0.15) is 0 Å². The molecule has 0 saturated carbocycles. The molecule has 0 aliphatic heterocycles. The van der Waals surface area contributed by atoms with Crippen molar-refractivity contribution in [3.05, 3.63) is 0 Å². The molecular formula is C18H66. The molecule has 0 rings (SSSR count). The largest absolute Gasteiger partial charge is 0.124 e. The van der Waals surface area contributed by atoms with Crippen LogP contribution in [0.1, 0.15) is 120 Å². The predicted molar refractivity (Wildman–Crippen MR) is 118 cm³/mol. The molecule has 0 bridgehead atoms. The Labute approximate surface area is 133 Å². The van der Waals surface area contributed by atoms with E-state index in [1.54, 1.807) is 0 Å². The maximum atomic E-state index is 5.74. The minimum Gasteiger partial charge on any atom is -0.124 e. The lowest BCUT2D eigenvalue weighted by Gasteiger charge is -0.701. The summed E-state index contributed by atoms with van der Waals surface area (Å²) in [6.07, 6.45) is 5.76. The van der Waals surface area contributed by atoms with Crippen molar-refractivity contribution in [3.63, 3.8) is 0 Å². The van der Waals surface area contributed by atoms with E-state index < -0.39 is 0 Å². The van der Waals surface area contributed by atoms with Crippen molar-refractivity contribution < 1.29 is 1.37 Å². The maximum absolute atomic E-state index is 5.74. The lowest BCUT2D eigenvalue weighted by Crippen LogP contribution is -0.576. The molecule has 0 aliphatic rings. The van der Waals surface area contributed by atoms with Gasteiger partial charge in [-0.15, -0.1) is 12.8 Å². The fraction of sp³-hybridized carbons (Fsp3) is 0.889. The van der Waals surface area contributed by atoms with Crippen LogP contribution >= 0.6 is 0 Å². The Bertz CT molecular complexity index is 27.2. The first-order valence-electron chi connectivity index (χ1n) is 0.789. The van der Waals surface area contributed by atoms with Crippen molar-refractivity contribution in [3.8, 4) is 12.8 Å². The van der Waals surface area contributed by atoms with Gasteiger partial charge in [0.25, 0.3) is 0 Å². The van der Waals surface area contributed by atoms with Crippen LogP contribution in [0.15, 0.2) is 0 Å². The highest BCUT2D eigenvalue weighted by atomic mass is 12.6. The molecule has 0 amide bonds. The van der Waals surface area contributed by atoms with Crippen LogP contribution in [0.4, 0.5) is 0 Å². The first-order chi connectivity index (χ1) is 1.41. The molecule has 0 aromatic heterocycles. The topological polar surface area (TPSA) is 0 Å². The Morgan fingerprint density at radius 1 is 0.333 bits per heavy atom. The van der Waals surface area contributed by atoms with Gasteiger partial charge >= 0.3 is 0 Å². The first kappa shape index (κ1) is 1980. The fourth-order valence-corrected chi connectivity index (χ4v) is 0. The maximum Gasteiger partial charge on any atom is 0.124 e. The fourth-order valence-electron chi connectivity index (χ4n) is 0. The molecule has 0 radical (unpaired) electrons. The molecule has 0 aromatic rings. The van der Waals surface area contributed by atoms with Gasteiger partial charge in [-0.3, -0.25) is 0 Å². The van der Waals surface area contributed by atoms with E-state index in [0.29, 0.717) is 0 Å². The van der Waals surface area contributed by atoms with Gasteiger partial charge in [-0.05, 0) is 0 Å². The molecule has 0 N–H and O–H groups in total. The molecule has 0 saturated heterocycles. The standard InChI is InChI=1S/C2H2.16CH4/c1-2;;;;;;;;;;;;;;;;/h1-2H;16*1H4/i1T;;;;;;;;;;;;;;;;. The van der Waals surface area contributed by atoms with Crippen molar-refractivity contribution in [1.29, 1.82) is 0 Å². The second kappa shape index (κ2) is 20700. The highest BCUT2D eigenvalue weighted by Crippen LogP contribution is 0.579. The average molecular weight is 285 g/mol. The molecular weight excluding hydrogens is 216 g/mol. The SMILES string of the molecule is C.C.C.C.C.C.C.C.C.C.C.C.C.C.C.C.[3H]C#C. The van der Waals surface area contributed by atoms with Crippen molar-refractivity contribution in [2.75, 3.05) is 0 Å². The Kier molecular flexibility index (Phi) is 2280000. The van der Waals surface area contributed by atoms with Crippen LogP contribution in [0.5, 0.6) is 0 Å². The third-order valence-corrected chi connectivity index (χ3v) is 0. The van der Waals surface area contributed by atoms with Crippen molar-refractivity contribution in [2.45, 2.75) is 119 Å². The normalized spacial score (nSPS) is 0.500. The lowest BCUT2D eigenvalue weighted by molar-refractivity contribution is 2.50. The van der Waals surface area contributed by atoms with Crippen LogP contribution in [0.25, 0.3) is 0 Å². The Hall–Kier alpha value is -0.440. The molecule has 18 heavy (non-hydrogen) atoms. The minimum atomic E-state index is 0. The second-order valence-electron chi connectivity index (χ2n) is 0. The molecule has 138 valence electrons. The Morgan fingerprint density at radius 2 is 0.333 bits per heavy atom. The molecule has 0 unspecified atom stereocenters. The second-order valence-corrected chi connectivity index (χ2v) is 0. The summed E-state index contributed by atoms with van der Waals surface area (Å²) in [4.78, 5) is 0. The summed E-state index contributed by atoms with van der Waals surface area (Å²) in [6.45, 7) is 0. The number of rotatable bonds is 0. The van der Waals surface area contributed by atoms with E-state index in [-0.39, 0.29) is 119 Å². The van der Waals surface area contributed by atoms with E-state index in [1.807, 2.05) is 0 Å². The summed E-state index contributed by atoms with van der Waals surface area (Å²) in [5, 5.41) is 0. The van der Waals surface area contributed by atoms with Gasteiger partial charge in [0.05, 0.1) is 0 Å². The van der Waals surface area contributed by atoms with Gasteiger partial charge in [0.1, 0.15) is 1.37 Å².